The Morgan fingerprint density at radius 1 is 1.19 bits per heavy atom. The van der Waals surface area contributed by atoms with E-state index in [0.717, 1.165) is 18.2 Å². The van der Waals surface area contributed by atoms with Gasteiger partial charge in [-0.3, -0.25) is 9.59 Å². The summed E-state index contributed by atoms with van der Waals surface area (Å²) in [4.78, 5) is 36.5. The molecule has 11 heteroatoms. The van der Waals surface area contributed by atoms with Gasteiger partial charge in [0.15, 0.2) is 5.78 Å². The van der Waals surface area contributed by atoms with Gasteiger partial charge in [0.05, 0.1) is 29.1 Å². The van der Waals surface area contributed by atoms with Crippen LogP contribution in [0, 0.1) is 5.92 Å². The van der Waals surface area contributed by atoms with E-state index in [9.17, 15) is 27.9 Å². The summed E-state index contributed by atoms with van der Waals surface area (Å²) in [6.07, 6.45) is 0.287. The summed E-state index contributed by atoms with van der Waals surface area (Å²) >= 11 is 11.9. The number of sulfonamides is 1. The minimum absolute atomic E-state index is 0.0201. The summed E-state index contributed by atoms with van der Waals surface area (Å²) in [7, 11) is -3.04. The number of carboxylic acids is 1. The summed E-state index contributed by atoms with van der Waals surface area (Å²) in [5.74, 6) is -2.94. The summed E-state index contributed by atoms with van der Waals surface area (Å²) in [6.45, 7) is -0.630. The van der Waals surface area contributed by atoms with Gasteiger partial charge in [0.2, 0.25) is 5.91 Å². The Hall–Kier alpha value is -2.62. The lowest BCUT2D eigenvalue weighted by Gasteiger charge is -2.24. The fraction of sp³-hybridized carbons (Fsp3) is 0.286. The molecule has 1 fully saturated rings. The van der Waals surface area contributed by atoms with E-state index in [1.807, 2.05) is 0 Å². The number of rotatable bonds is 6. The monoisotopic (exact) mass is 499 g/mol. The Kier molecular flexibility index (Phi) is 7.12. The standard InChI is InChI=1S/C21H19Cl2NO7S/c1-31-19-7-3-14(22)9-13(19)8-12-2-4-15(25)11-24(20(12)26)32(29,30)16-5-6-18(23)17(10-16)21(27)28/h3,5-7,9-10,12H,2,4,8,11H2,1H3,(H,27,28). The lowest BCUT2D eigenvalue weighted by molar-refractivity contribution is -0.131. The van der Waals surface area contributed by atoms with E-state index in [-0.39, 0.29) is 24.3 Å². The maximum atomic E-state index is 13.3. The fourth-order valence-electron chi connectivity index (χ4n) is 3.50. The molecular weight excluding hydrogens is 481 g/mol. The van der Waals surface area contributed by atoms with Crippen LogP contribution < -0.4 is 4.74 Å². The van der Waals surface area contributed by atoms with Crippen LogP contribution in [0.2, 0.25) is 10.0 Å². The minimum atomic E-state index is -4.51. The molecule has 1 atom stereocenters. The molecule has 1 aliphatic heterocycles. The average Bonchev–Trinajstić information content (AvgIpc) is 2.87. The van der Waals surface area contributed by atoms with Crippen LogP contribution in [0.3, 0.4) is 0 Å². The van der Waals surface area contributed by atoms with E-state index in [4.69, 9.17) is 27.9 Å². The van der Waals surface area contributed by atoms with Crippen LogP contribution in [0.15, 0.2) is 41.3 Å². The number of carbonyl (C=O) groups is 3. The van der Waals surface area contributed by atoms with Gasteiger partial charge in [0.1, 0.15) is 5.75 Å². The highest BCUT2D eigenvalue weighted by Crippen LogP contribution is 2.31. The smallest absolute Gasteiger partial charge is 0.337 e. The third-order valence-electron chi connectivity index (χ3n) is 5.15. The summed E-state index contributed by atoms with van der Waals surface area (Å²) in [5.41, 5.74) is 0.172. The lowest BCUT2D eigenvalue weighted by Crippen LogP contribution is -2.42. The van der Waals surface area contributed by atoms with Crippen molar-refractivity contribution in [2.75, 3.05) is 13.7 Å². The zero-order valence-electron chi connectivity index (χ0n) is 16.9. The number of aromatic carboxylic acids is 1. The Labute approximate surface area is 194 Å². The third-order valence-corrected chi connectivity index (χ3v) is 7.46. The van der Waals surface area contributed by atoms with Crippen molar-refractivity contribution < 1.29 is 32.6 Å². The second kappa shape index (κ2) is 9.48. The lowest BCUT2D eigenvalue weighted by atomic mass is 9.93. The number of halogens is 2. The molecule has 0 spiro atoms. The Bertz CT molecular complexity index is 1200. The number of ketones is 1. The van der Waals surface area contributed by atoms with Gasteiger partial charge in [0.25, 0.3) is 10.0 Å². The number of methoxy groups -OCH3 is 1. The topological polar surface area (TPSA) is 118 Å². The van der Waals surface area contributed by atoms with Crippen LogP contribution in [-0.4, -0.2) is 49.1 Å². The predicted molar refractivity (Wildman–Crippen MR) is 117 cm³/mol. The average molecular weight is 500 g/mol. The quantitative estimate of drug-likeness (QED) is 0.646. The van der Waals surface area contributed by atoms with Gasteiger partial charge in [0, 0.05) is 17.4 Å². The van der Waals surface area contributed by atoms with Crippen molar-refractivity contribution in [1.29, 1.82) is 0 Å². The molecule has 1 saturated heterocycles. The maximum Gasteiger partial charge on any atom is 0.337 e. The van der Waals surface area contributed by atoms with Crippen molar-refractivity contribution in [3.8, 4) is 5.75 Å². The first-order valence-electron chi connectivity index (χ1n) is 9.48. The second-order valence-electron chi connectivity index (χ2n) is 7.23. The molecule has 1 heterocycles. The first-order chi connectivity index (χ1) is 15.0. The van der Waals surface area contributed by atoms with Crippen molar-refractivity contribution in [2.45, 2.75) is 24.2 Å². The third kappa shape index (κ3) is 4.90. The predicted octanol–water partition coefficient (Wildman–Crippen LogP) is 3.44. The highest BCUT2D eigenvalue weighted by Gasteiger charge is 2.38. The minimum Gasteiger partial charge on any atom is -0.496 e. The van der Waals surface area contributed by atoms with E-state index in [1.165, 1.54) is 7.11 Å². The molecule has 0 bridgehead atoms. The highest BCUT2D eigenvalue weighted by molar-refractivity contribution is 7.89. The molecule has 1 aliphatic rings. The molecule has 1 amide bonds. The fourth-order valence-corrected chi connectivity index (χ4v) is 5.35. The number of benzene rings is 2. The molecule has 1 unspecified atom stereocenters. The van der Waals surface area contributed by atoms with Gasteiger partial charge in [-0.15, -0.1) is 0 Å². The van der Waals surface area contributed by atoms with Crippen LogP contribution in [0.4, 0.5) is 0 Å². The molecule has 32 heavy (non-hydrogen) atoms. The molecule has 0 saturated carbocycles. The molecular formula is C21H19Cl2NO7S. The van der Waals surface area contributed by atoms with E-state index < -0.39 is 50.6 Å². The molecule has 8 nitrogen and oxygen atoms in total. The number of carbonyl (C=O) groups excluding carboxylic acids is 2. The molecule has 0 radical (unpaired) electrons. The van der Waals surface area contributed by atoms with Crippen LogP contribution in [0.25, 0.3) is 0 Å². The number of amides is 1. The molecule has 0 aromatic heterocycles. The van der Waals surface area contributed by atoms with E-state index in [1.54, 1.807) is 18.2 Å². The SMILES string of the molecule is COc1ccc(Cl)cc1CC1CCC(=O)CN(S(=O)(=O)c2ccc(Cl)c(C(=O)O)c2)C1=O. The van der Waals surface area contributed by atoms with Gasteiger partial charge in [-0.1, -0.05) is 23.2 Å². The first kappa shape index (κ1) is 24.0. The van der Waals surface area contributed by atoms with Crippen LogP contribution in [-0.2, 0) is 26.0 Å². The molecule has 0 aliphatic carbocycles. The Balaban J connectivity index is 2.00. The van der Waals surface area contributed by atoms with E-state index >= 15 is 0 Å². The molecule has 3 rings (SSSR count). The molecule has 2 aromatic carbocycles. The van der Waals surface area contributed by atoms with Crippen LogP contribution in [0.5, 0.6) is 5.75 Å². The summed E-state index contributed by atoms with van der Waals surface area (Å²) in [5, 5.41) is 9.52. The van der Waals surface area contributed by atoms with Crippen LogP contribution in [0.1, 0.15) is 28.8 Å². The molecule has 170 valence electrons. The summed E-state index contributed by atoms with van der Waals surface area (Å²) < 4.78 is 32.3. The number of carboxylic acid groups (broad SMARTS) is 1. The van der Waals surface area contributed by atoms with Gasteiger partial charge < -0.3 is 9.84 Å². The zero-order chi connectivity index (χ0) is 23.6. The zero-order valence-corrected chi connectivity index (χ0v) is 19.2. The largest absolute Gasteiger partial charge is 0.496 e. The van der Waals surface area contributed by atoms with Crippen molar-refractivity contribution in [1.82, 2.24) is 4.31 Å². The number of ether oxygens (including phenoxy) is 1. The molecule has 2 aromatic rings. The van der Waals surface area contributed by atoms with Crippen molar-refractivity contribution >= 4 is 50.9 Å². The normalized spacial score (nSPS) is 17.2. The van der Waals surface area contributed by atoms with Gasteiger partial charge in [-0.05, 0) is 54.8 Å². The highest BCUT2D eigenvalue weighted by atomic mass is 35.5. The Morgan fingerprint density at radius 2 is 1.91 bits per heavy atom. The Morgan fingerprint density at radius 3 is 2.56 bits per heavy atom. The maximum absolute atomic E-state index is 13.3. The van der Waals surface area contributed by atoms with Gasteiger partial charge in [-0.25, -0.2) is 17.5 Å². The van der Waals surface area contributed by atoms with E-state index in [2.05, 4.69) is 0 Å². The summed E-state index contributed by atoms with van der Waals surface area (Å²) in [6, 6.07) is 7.98. The van der Waals surface area contributed by atoms with Crippen LogP contribution >= 0.6 is 23.2 Å². The number of hydrogen-bond donors (Lipinski definition) is 1. The van der Waals surface area contributed by atoms with Crippen molar-refractivity contribution in [3.05, 3.63) is 57.6 Å². The number of nitrogens with zero attached hydrogens (tertiary/aromatic N) is 1. The van der Waals surface area contributed by atoms with Crippen molar-refractivity contribution in [3.63, 3.8) is 0 Å². The van der Waals surface area contributed by atoms with Crippen molar-refractivity contribution in [2.24, 2.45) is 5.92 Å². The van der Waals surface area contributed by atoms with Gasteiger partial charge >= 0.3 is 5.97 Å². The van der Waals surface area contributed by atoms with E-state index in [0.29, 0.717) is 20.6 Å². The first-order valence-corrected chi connectivity index (χ1v) is 11.7. The second-order valence-corrected chi connectivity index (χ2v) is 9.94. The number of hydrogen-bond acceptors (Lipinski definition) is 6. The molecule has 1 N–H and O–H groups in total. The van der Waals surface area contributed by atoms with Gasteiger partial charge in [-0.2, -0.15) is 0 Å². The number of Topliss-reactive ketones (excluding diaryl/α,β-unsaturated/α-hetero) is 1.